The van der Waals surface area contributed by atoms with E-state index in [1.807, 2.05) is 30.3 Å². The van der Waals surface area contributed by atoms with E-state index < -0.39 is 6.29 Å². The van der Waals surface area contributed by atoms with Crippen molar-refractivity contribution in [3.8, 4) is 23.0 Å². The Morgan fingerprint density at radius 2 is 1.80 bits per heavy atom. The van der Waals surface area contributed by atoms with Crippen molar-refractivity contribution in [2.75, 3.05) is 41.8 Å². The maximum atomic E-state index is 13.4. The van der Waals surface area contributed by atoms with E-state index in [1.54, 1.807) is 11.0 Å². The Morgan fingerprint density at radius 3 is 2.50 bits per heavy atom. The predicted octanol–water partition coefficient (Wildman–Crippen LogP) is 3.01. The maximum absolute atomic E-state index is 13.4. The van der Waals surface area contributed by atoms with Crippen molar-refractivity contribution in [1.82, 2.24) is 4.90 Å². The highest BCUT2D eigenvalue weighted by Gasteiger charge is 2.38. The molecule has 0 saturated heterocycles. The lowest BCUT2D eigenvalue weighted by Gasteiger charge is -2.23. The average molecular weight is 413 g/mol. The first-order valence-electron chi connectivity index (χ1n) is 9.35. The molecular weight excluding hydrogens is 390 g/mol. The van der Waals surface area contributed by atoms with E-state index in [1.165, 1.54) is 28.4 Å². The van der Waals surface area contributed by atoms with E-state index in [0.29, 0.717) is 34.3 Å². The molecule has 0 radical (unpaired) electrons. The smallest absolute Gasteiger partial charge is 0.263 e. The summed E-state index contributed by atoms with van der Waals surface area (Å²) >= 11 is 0. The fraction of sp³-hybridized carbons (Fsp3) is 0.318. The van der Waals surface area contributed by atoms with Crippen molar-refractivity contribution in [3.05, 3.63) is 47.0 Å². The SMILES string of the molecule is COc1ccc2c(c1OC)C(=O)N(CC(OC)OC)/C2=C\c1ccc2c(c1)OCO2. The Morgan fingerprint density at radius 1 is 1.03 bits per heavy atom. The topological polar surface area (TPSA) is 75.7 Å². The number of amides is 1. The molecule has 4 rings (SSSR count). The molecule has 2 heterocycles. The highest BCUT2D eigenvalue weighted by molar-refractivity contribution is 6.14. The summed E-state index contributed by atoms with van der Waals surface area (Å²) in [6.45, 7) is 0.408. The zero-order valence-electron chi connectivity index (χ0n) is 17.3. The second-order valence-electron chi connectivity index (χ2n) is 6.68. The third-order valence-electron chi connectivity index (χ3n) is 5.13. The lowest BCUT2D eigenvalue weighted by Crippen LogP contribution is -2.34. The lowest BCUT2D eigenvalue weighted by atomic mass is 10.0. The molecule has 0 saturated carbocycles. The average Bonchev–Trinajstić information content (AvgIpc) is 3.34. The number of fused-ring (bicyclic) bond motifs is 2. The maximum Gasteiger partial charge on any atom is 0.263 e. The van der Waals surface area contributed by atoms with Crippen LogP contribution in [0.2, 0.25) is 0 Å². The van der Waals surface area contributed by atoms with Crippen molar-refractivity contribution < 1.29 is 33.2 Å². The summed E-state index contributed by atoms with van der Waals surface area (Å²) in [5.41, 5.74) is 2.74. The zero-order valence-corrected chi connectivity index (χ0v) is 17.3. The van der Waals surface area contributed by atoms with Gasteiger partial charge in [0.2, 0.25) is 6.79 Å². The van der Waals surface area contributed by atoms with Gasteiger partial charge in [0.25, 0.3) is 5.91 Å². The Labute approximate surface area is 174 Å². The normalized spacial score (nSPS) is 15.8. The molecule has 0 unspecified atom stereocenters. The molecule has 0 aromatic heterocycles. The van der Waals surface area contributed by atoms with E-state index >= 15 is 0 Å². The van der Waals surface area contributed by atoms with Crippen LogP contribution in [0.25, 0.3) is 11.8 Å². The van der Waals surface area contributed by atoms with Crippen molar-refractivity contribution in [3.63, 3.8) is 0 Å². The van der Waals surface area contributed by atoms with Gasteiger partial charge in [0.05, 0.1) is 32.0 Å². The van der Waals surface area contributed by atoms with Crippen LogP contribution in [0.5, 0.6) is 23.0 Å². The summed E-state index contributed by atoms with van der Waals surface area (Å²) < 4.78 is 32.4. The monoisotopic (exact) mass is 413 g/mol. The summed E-state index contributed by atoms with van der Waals surface area (Å²) in [5, 5.41) is 0. The zero-order chi connectivity index (χ0) is 21.3. The number of hydrogen-bond acceptors (Lipinski definition) is 7. The number of nitrogens with zero attached hydrogens (tertiary/aromatic N) is 1. The molecule has 2 aromatic carbocycles. The molecule has 8 nitrogen and oxygen atoms in total. The van der Waals surface area contributed by atoms with Gasteiger partial charge in [0, 0.05) is 19.8 Å². The molecule has 2 aliphatic rings. The second-order valence-corrected chi connectivity index (χ2v) is 6.68. The number of carbonyl (C=O) groups is 1. The minimum Gasteiger partial charge on any atom is -0.493 e. The summed E-state index contributed by atoms with van der Waals surface area (Å²) in [6, 6.07) is 9.26. The lowest BCUT2D eigenvalue weighted by molar-refractivity contribution is -0.107. The van der Waals surface area contributed by atoms with Crippen LogP contribution in [-0.2, 0) is 9.47 Å². The molecule has 8 heteroatoms. The molecule has 0 fully saturated rings. The second kappa shape index (κ2) is 8.25. The minimum absolute atomic E-state index is 0.198. The molecular formula is C22H23NO7. The Kier molecular flexibility index (Phi) is 5.52. The van der Waals surface area contributed by atoms with E-state index in [9.17, 15) is 4.79 Å². The Bertz CT molecular complexity index is 997. The molecule has 0 aliphatic carbocycles. The molecule has 2 aliphatic heterocycles. The first-order chi connectivity index (χ1) is 14.6. The van der Waals surface area contributed by atoms with Gasteiger partial charge in [0.1, 0.15) is 0 Å². The van der Waals surface area contributed by atoms with Crippen LogP contribution in [0.4, 0.5) is 0 Å². The summed E-state index contributed by atoms with van der Waals surface area (Å²) in [6.07, 6.45) is 1.33. The fourth-order valence-electron chi connectivity index (χ4n) is 3.63. The van der Waals surface area contributed by atoms with Crippen LogP contribution >= 0.6 is 0 Å². The third-order valence-corrected chi connectivity index (χ3v) is 5.13. The highest BCUT2D eigenvalue weighted by Crippen LogP contribution is 2.44. The van der Waals surface area contributed by atoms with E-state index in [-0.39, 0.29) is 19.2 Å². The van der Waals surface area contributed by atoms with Crippen LogP contribution in [0.1, 0.15) is 21.5 Å². The van der Waals surface area contributed by atoms with Gasteiger partial charge in [-0.25, -0.2) is 0 Å². The van der Waals surface area contributed by atoms with Crippen molar-refractivity contribution in [2.24, 2.45) is 0 Å². The van der Waals surface area contributed by atoms with E-state index in [2.05, 4.69) is 0 Å². The Hall–Kier alpha value is -3.23. The minimum atomic E-state index is -0.587. The van der Waals surface area contributed by atoms with Gasteiger partial charge in [-0.05, 0) is 35.9 Å². The van der Waals surface area contributed by atoms with Crippen LogP contribution < -0.4 is 18.9 Å². The first-order valence-corrected chi connectivity index (χ1v) is 9.35. The standard InChI is InChI=1S/C22H23NO7/c1-25-17-8-6-14-15(9-13-5-7-16-18(10-13)30-12-29-16)23(11-19(26-2)27-3)22(24)20(14)21(17)28-4/h5-10,19H,11-12H2,1-4H3/b15-9-. The van der Waals surface area contributed by atoms with Crippen LogP contribution in [0.3, 0.4) is 0 Å². The van der Waals surface area contributed by atoms with Crippen LogP contribution in [0.15, 0.2) is 30.3 Å². The van der Waals surface area contributed by atoms with Crippen molar-refractivity contribution in [2.45, 2.75) is 6.29 Å². The van der Waals surface area contributed by atoms with Gasteiger partial charge in [-0.15, -0.1) is 0 Å². The number of benzene rings is 2. The molecule has 30 heavy (non-hydrogen) atoms. The molecule has 0 N–H and O–H groups in total. The third kappa shape index (κ3) is 3.34. The van der Waals surface area contributed by atoms with Gasteiger partial charge < -0.3 is 33.3 Å². The summed E-state index contributed by atoms with van der Waals surface area (Å²) in [4.78, 5) is 15.0. The van der Waals surface area contributed by atoms with Gasteiger partial charge in [-0.2, -0.15) is 0 Å². The fourth-order valence-corrected chi connectivity index (χ4v) is 3.63. The molecule has 1 amide bonds. The Balaban J connectivity index is 1.84. The number of ether oxygens (including phenoxy) is 6. The number of hydrogen-bond donors (Lipinski definition) is 0. The van der Waals surface area contributed by atoms with Gasteiger partial charge in [-0.1, -0.05) is 6.07 Å². The van der Waals surface area contributed by atoms with Crippen LogP contribution in [0, 0.1) is 0 Å². The quantitative estimate of drug-likeness (QED) is 0.646. The summed E-state index contributed by atoms with van der Waals surface area (Å²) in [7, 11) is 6.12. The molecule has 0 spiro atoms. The van der Waals surface area contributed by atoms with Crippen molar-refractivity contribution in [1.29, 1.82) is 0 Å². The van der Waals surface area contributed by atoms with Crippen LogP contribution in [-0.4, -0.2) is 58.9 Å². The van der Waals surface area contributed by atoms with Crippen molar-refractivity contribution >= 4 is 17.7 Å². The van der Waals surface area contributed by atoms with Gasteiger partial charge in [0.15, 0.2) is 29.3 Å². The van der Waals surface area contributed by atoms with E-state index in [0.717, 1.165) is 11.1 Å². The molecule has 158 valence electrons. The molecule has 0 atom stereocenters. The molecule has 2 aromatic rings. The van der Waals surface area contributed by atoms with E-state index in [4.69, 9.17) is 28.4 Å². The molecule has 0 bridgehead atoms. The highest BCUT2D eigenvalue weighted by atomic mass is 16.7. The number of methoxy groups -OCH3 is 4. The van der Waals surface area contributed by atoms with Gasteiger partial charge in [-0.3, -0.25) is 4.79 Å². The number of rotatable bonds is 7. The largest absolute Gasteiger partial charge is 0.493 e. The first kappa shape index (κ1) is 20.1. The predicted molar refractivity (Wildman–Crippen MR) is 109 cm³/mol. The number of carbonyl (C=O) groups excluding carboxylic acids is 1. The summed E-state index contributed by atoms with van der Waals surface area (Å²) in [5.74, 6) is 2.03. The van der Waals surface area contributed by atoms with Gasteiger partial charge >= 0.3 is 0 Å².